The van der Waals surface area contributed by atoms with Crippen LogP contribution in [0.4, 0.5) is 18.0 Å². The number of fused-ring (bicyclic) bond motifs is 1. The fourth-order valence-corrected chi connectivity index (χ4v) is 4.50. The van der Waals surface area contributed by atoms with Gasteiger partial charge < -0.3 is 4.74 Å². The molecule has 3 aromatic rings. The third-order valence-corrected chi connectivity index (χ3v) is 6.20. The molecule has 2 amide bonds. The molecule has 1 aliphatic rings. The van der Waals surface area contributed by atoms with E-state index in [0.29, 0.717) is 21.4 Å². The van der Waals surface area contributed by atoms with Gasteiger partial charge in [-0.1, -0.05) is 23.7 Å². The number of imide groups is 1. The summed E-state index contributed by atoms with van der Waals surface area (Å²) in [5.41, 5.74) is 0.537. The highest BCUT2D eigenvalue weighted by atomic mass is 35.5. The zero-order valence-corrected chi connectivity index (χ0v) is 18.8. The van der Waals surface area contributed by atoms with Crippen molar-refractivity contribution in [1.29, 1.82) is 0 Å². The molecule has 2 aromatic carbocycles. The van der Waals surface area contributed by atoms with Crippen LogP contribution >= 0.6 is 23.4 Å². The van der Waals surface area contributed by atoms with E-state index in [1.807, 2.05) is 0 Å². The maximum atomic E-state index is 13.4. The third kappa shape index (κ3) is 4.92. The number of carbonyl (C=O) groups excluding carboxylic acids is 2. The third-order valence-electron chi connectivity index (χ3n) is 5.05. The molecular weight excluding hydrogens is 479 g/mol. The number of ether oxygens (including phenoxy) is 1. The monoisotopic (exact) mass is 495 g/mol. The first-order valence-corrected chi connectivity index (χ1v) is 10.9. The van der Waals surface area contributed by atoms with Crippen molar-refractivity contribution in [3.05, 3.63) is 69.2 Å². The summed E-state index contributed by atoms with van der Waals surface area (Å²) in [7, 11) is 1.49. The fourth-order valence-electron chi connectivity index (χ4n) is 3.46. The molecule has 172 valence electrons. The minimum Gasteiger partial charge on any atom is -0.383 e. The van der Waals surface area contributed by atoms with Crippen LogP contribution in [-0.4, -0.2) is 46.1 Å². The number of carbonyl (C=O) groups is 2. The van der Waals surface area contributed by atoms with E-state index < -0.39 is 11.7 Å². The molecule has 6 nitrogen and oxygen atoms in total. The molecule has 0 radical (unpaired) electrons. The highest BCUT2D eigenvalue weighted by Gasteiger charge is 2.35. The first-order valence-electron chi connectivity index (χ1n) is 9.73. The van der Waals surface area contributed by atoms with Crippen molar-refractivity contribution >= 4 is 51.5 Å². The first-order chi connectivity index (χ1) is 15.7. The van der Waals surface area contributed by atoms with Gasteiger partial charge in [0, 0.05) is 17.5 Å². The van der Waals surface area contributed by atoms with Gasteiger partial charge in [0.25, 0.3) is 11.1 Å². The van der Waals surface area contributed by atoms with Crippen molar-refractivity contribution in [2.75, 3.05) is 20.3 Å². The van der Waals surface area contributed by atoms with Crippen molar-refractivity contribution in [2.45, 2.75) is 12.7 Å². The number of thioether (sulfide) groups is 1. The standard InChI is InChI=1S/C22H17ClF3N3O3S/c1-32-7-6-28-20(30)19(33-21(28)31)9-13-2-5-18-15(8-13)11-27-29(18)12-14-3-4-16(23)10-17(14)22(24,25)26/h2-5,8-11H,6-7,12H2,1H3/b19-9-. The van der Waals surface area contributed by atoms with Gasteiger partial charge in [-0.3, -0.25) is 19.2 Å². The minimum absolute atomic E-state index is 0.00711. The maximum Gasteiger partial charge on any atom is 0.416 e. The summed E-state index contributed by atoms with van der Waals surface area (Å²) in [5, 5.41) is 4.56. The molecule has 1 aromatic heterocycles. The number of amides is 2. The topological polar surface area (TPSA) is 64.4 Å². The molecule has 1 fully saturated rings. The molecule has 0 atom stereocenters. The van der Waals surface area contributed by atoms with Crippen molar-refractivity contribution in [3.63, 3.8) is 0 Å². The Kier molecular flexibility index (Phi) is 6.51. The molecule has 2 heterocycles. The Balaban J connectivity index is 1.60. The lowest BCUT2D eigenvalue weighted by Crippen LogP contribution is -2.31. The number of methoxy groups -OCH3 is 1. The second kappa shape index (κ2) is 9.20. The molecule has 33 heavy (non-hydrogen) atoms. The molecule has 0 saturated carbocycles. The summed E-state index contributed by atoms with van der Waals surface area (Å²) in [6.45, 7) is 0.336. The van der Waals surface area contributed by atoms with Crippen LogP contribution in [0, 0.1) is 0 Å². The average Bonchev–Trinajstić information content (AvgIpc) is 3.27. The first kappa shape index (κ1) is 23.3. The normalized spacial score (nSPS) is 15.9. The Hall–Kier alpha value is -2.82. The molecular formula is C22H17ClF3N3O3S. The highest BCUT2D eigenvalue weighted by molar-refractivity contribution is 8.18. The van der Waals surface area contributed by atoms with Gasteiger partial charge in [0.2, 0.25) is 0 Å². The maximum absolute atomic E-state index is 13.4. The van der Waals surface area contributed by atoms with E-state index in [0.717, 1.165) is 22.7 Å². The largest absolute Gasteiger partial charge is 0.416 e. The van der Waals surface area contributed by atoms with Gasteiger partial charge in [0.1, 0.15) is 0 Å². The minimum atomic E-state index is -4.54. The van der Waals surface area contributed by atoms with Crippen molar-refractivity contribution in [1.82, 2.24) is 14.7 Å². The Morgan fingerprint density at radius 2 is 1.97 bits per heavy atom. The number of hydrogen-bond acceptors (Lipinski definition) is 5. The van der Waals surface area contributed by atoms with Crippen LogP contribution in [-0.2, 0) is 22.3 Å². The lowest BCUT2D eigenvalue weighted by atomic mass is 10.1. The number of halogens is 4. The lowest BCUT2D eigenvalue weighted by Gasteiger charge is -2.14. The number of aromatic nitrogens is 2. The summed E-state index contributed by atoms with van der Waals surface area (Å²) >= 11 is 6.61. The van der Waals surface area contributed by atoms with E-state index in [1.54, 1.807) is 30.5 Å². The Bertz CT molecular complexity index is 1270. The highest BCUT2D eigenvalue weighted by Crippen LogP contribution is 2.35. The quantitative estimate of drug-likeness (QED) is 0.426. The van der Waals surface area contributed by atoms with Crippen molar-refractivity contribution < 1.29 is 27.5 Å². The van der Waals surface area contributed by atoms with Crippen LogP contribution in [0.15, 0.2) is 47.5 Å². The van der Waals surface area contributed by atoms with Crippen LogP contribution < -0.4 is 0 Å². The van der Waals surface area contributed by atoms with E-state index in [4.69, 9.17) is 16.3 Å². The molecule has 1 saturated heterocycles. The number of alkyl halides is 3. The Morgan fingerprint density at radius 3 is 2.70 bits per heavy atom. The molecule has 0 spiro atoms. The molecule has 0 aliphatic carbocycles. The van der Waals surface area contributed by atoms with Gasteiger partial charge in [-0.15, -0.1) is 0 Å². The van der Waals surface area contributed by atoms with E-state index >= 15 is 0 Å². The number of rotatable bonds is 6. The van der Waals surface area contributed by atoms with Gasteiger partial charge in [-0.2, -0.15) is 18.3 Å². The smallest absolute Gasteiger partial charge is 0.383 e. The average molecular weight is 496 g/mol. The summed E-state index contributed by atoms with van der Waals surface area (Å²) in [5.74, 6) is -0.389. The predicted octanol–water partition coefficient (Wildman–Crippen LogP) is 5.44. The van der Waals surface area contributed by atoms with Gasteiger partial charge in [-0.05, 0) is 53.2 Å². The van der Waals surface area contributed by atoms with E-state index in [-0.39, 0.29) is 41.4 Å². The molecule has 0 N–H and O–H groups in total. The van der Waals surface area contributed by atoms with E-state index in [2.05, 4.69) is 5.10 Å². The zero-order chi connectivity index (χ0) is 23.8. The van der Waals surface area contributed by atoms with Crippen molar-refractivity contribution in [3.8, 4) is 0 Å². The van der Waals surface area contributed by atoms with Crippen LogP contribution in [0.25, 0.3) is 17.0 Å². The van der Waals surface area contributed by atoms with E-state index in [9.17, 15) is 22.8 Å². The van der Waals surface area contributed by atoms with Gasteiger partial charge in [0.15, 0.2) is 0 Å². The van der Waals surface area contributed by atoms with Gasteiger partial charge in [0.05, 0.1) is 41.9 Å². The molecule has 1 aliphatic heterocycles. The fraction of sp³-hybridized carbons (Fsp3) is 0.227. The zero-order valence-electron chi connectivity index (χ0n) is 17.2. The molecule has 0 unspecified atom stereocenters. The predicted molar refractivity (Wildman–Crippen MR) is 120 cm³/mol. The van der Waals surface area contributed by atoms with E-state index in [1.165, 1.54) is 23.9 Å². The summed E-state index contributed by atoms with van der Waals surface area (Å²) in [4.78, 5) is 26.0. The van der Waals surface area contributed by atoms with Gasteiger partial charge >= 0.3 is 6.18 Å². The van der Waals surface area contributed by atoms with Crippen molar-refractivity contribution in [2.24, 2.45) is 0 Å². The number of hydrogen-bond donors (Lipinski definition) is 0. The summed E-state index contributed by atoms with van der Waals surface area (Å²) in [6, 6.07) is 8.85. The Morgan fingerprint density at radius 1 is 1.18 bits per heavy atom. The molecule has 0 bridgehead atoms. The van der Waals surface area contributed by atoms with Crippen LogP contribution in [0.3, 0.4) is 0 Å². The second-order valence-corrected chi connectivity index (χ2v) is 8.68. The SMILES string of the molecule is COCCN1C(=O)S/C(=C\c2ccc3c(cnn3Cc3ccc(Cl)cc3C(F)(F)F)c2)C1=O. The second-order valence-electron chi connectivity index (χ2n) is 7.25. The number of benzene rings is 2. The summed E-state index contributed by atoms with van der Waals surface area (Å²) < 4.78 is 46.6. The van der Waals surface area contributed by atoms with Crippen LogP contribution in [0.5, 0.6) is 0 Å². The number of nitrogens with zero attached hydrogens (tertiary/aromatic N) is 3. The molecule has 11 heteroatoms. The molecule has 4 rings (SSSR count). The summed E-state index contributed by atoms with van der Waals surface area (Å²) in [6.07, 6.45) is -1.39. The van der Waals surface area contributed by atoms with Crippen LogP contribution in [0.2, 0.25) is 5.02 Å². The lowest BCUT2D eigenvalue weighted by molar-refractivity contribution is -0.138. The Labute approximate surface area is 195 Å². The van der Waals surface area contributed by atoms with Crippen LogP contribution in [0.1, 0.15) is 16.7 Å². The van der Waals surface area contributed by atoms with Gasteiger partial charge in [-0.25, -0.2) is 0 Å².